The fourth-order valence-electron chi connectivity index (χ4n) is 11.6. The maximum Gasteiger partial charge on any atom is 0.335 e. The van der Waals surface area contributed by atoms with Crippen LogP contribution < -0.4 is 0 Å². The molecule has 0 aliphatic carbocycles. The van der Waals surface area contributed by atoms with Gasteiger partial charge in [-0.1, -0.05) is 74.0 Å². The van der Waals surface area contributed by atoms with Crippen molar-refractivity contribution >= 4 is 48.1 Å². The third kappa shape index (κ3) is 44.5. The van der Waals surface area contributed by atoms with Crippen LogP contribution in [0, 0.1) is 0 Å². The Bertz CT molecular complexity index is 1430. The zero-order valence-electron chi connectivity index (χ0n) is 53.1. The van der Waals surface area contributed by atoms with Crippen molar-refractivity contribution in [3.8, 4) is 0 Å². The first-order valence-electron chi connectivity index (χ1n) is 34.1. The number of benzene rings is 2. The largest absolute Gasteiger partial charge is 0.478 e. The average Bonchev–Trinajstić information content (AvgIpc) is 3.45. The first kappa shape index (κ1) is 76.9. The molecule has 8 heteroatoms. The fraction of sp³-hybridized carbons (Fsp3) is 0.800. The predicted octanol–water partition coefficient (Wildman–Crippen LogP) is 25.1. The summed E-state index contributed by atoms with van der Waals surface area (Å²) < 4.78 is 0. The molecule has 0 aliphatic heterocycles. The summed E-state index contributed by atoms with van der Waals surface area (Å²) in [6.45, 7) is 19.0. The van der Waals surface area contributed by atoms with Crippen molar-refractivity contribution in [1.29, 1.82) is 0 Å². The molecule has 2 N–H and O–H groups in total. The number of hydrogen-bond acceptors (Lipinski definition) is 4. The summed E-state index contributed by atoms with van der Waals surface area (Å²) >= 11 is 0. The molecule has 0 amide bonds. The molecule has 0 aromatic heterocycles. The van der Waals surface area contributed by atoms with Gasteiger partial charge in [0, 0.05) is 9.79 Å². The molecular weight excluding hydrogens is 1030 g/mol. The second-order valence-electron chi connectivity index (χ2n) is 24.1. The van der Waals surface area contributed by atoms with Crippen LogP contribution in [0.3, 0.4) is 0 Å². The molecule has 2 aromatic carbocycles. The van der Waals surface area contributed by atoms with Gasteiger partial charge in [0.25, 0.3) is 0 Å². The van der Waals surface area contributed by atoms with E-state index in [2.05, 4.69) is 55.4 Å². The summed E-state index contributed by atoms with van der Waals surface area (Å²) in [7, 11) is 1.05. The van der Waals surface area contributed by atoms with E-state index in [0.717, 1.165) is 9.79 Å². The molecule has 0 fully saturated rings. The van der Waals surface area contributed by atoms with Gasteiger partial charge in [-0.2, -0.15) is 0 Å². The topological polar surface area (TPSA) is 74.6 Å². The van der Waals surface area contributed by atoms with Crippen molar-refractivity contribution in [2.75, 3.05) is 49.3 Å². The van der Waals surface area contributed by atoms with Crippen molar-refractivity contribution in [2.24, 2.45) is 0 Å². The van der Waals surface area contributed by atoms with Crippen LogP contribution in [0.1, 0.15) is 333 Å². The van der Waals surface area contributed by atoms with Gasteiger partial charge in [-0.25, -0.2) is 9.59 Å². The molecule has 78 heavy (non-hydrogen) atoms. The fourth-order valence-corrected chi connectivity index (χ4v) is 25.2. The van der Waals surface area contributed by atoms with Crippen LogP contribution in [0.5, 0.6) is 0 Å². The third-order valence-electron chi connectivity index (χ3n) is 16.9. The van der Waals surface area contributed by atoms with E-state index in [0.29, 0.717) is 0 Å². The zero-order chi connectivity index (χ0) is 57.5. The molecule has 458 valence electrons. The quantitative estimate of drug-likeness (QED) is 0.0391. The molecule has 0 atom stereocenters. The van der Waals surface area contributed by atoms with Crippen LogP contribution in [0.4, 0.5) is 0 Å². The summed E-state index contributed by atoms with van der Waals surface area (Å²) in [6, 6.07) is 13.2. The summed E-state index contributed by atoms with van der Waals surface area (Å²) in [5.41, 5.74) is 0.510. The molecule has 0 aliphatic rings. The standard InChI is InChI=1S/2C28H61P.C14H10O4S2/c2*1-5-9-13-14-15-16-17-18-19-20-21-22-23-24-28-29(25-10-6-2,26-11-7-3)27-12-8-4;15-13(16)9-1-5-11(6-2-9)19-20-12-7-3-10(4-8-12)14(17)18/h2*29H,5-28H2,1-4H3;1-8H,(H,15,16)(H,17,18). The molecule has 0 unspecified atom stereocenters. The van der Waals surface area contributed by atoms with Crippen molar-refractivity contribution in [1.82, 2.24) is 0 Å². The molecule has 0 heterocycles. The maximum absolute atomic E-state index is 10.7. The van der Waals surface area contributed by atoms with Gasteiger partial charge in [0.15, 0.2) is 0 Å². The van der Waals surface area contributed by atoms with Gasteiger partial charge in [0.1, 0.15) is 0 Å². The minimum Gasteiger partial charge on any atom is -0.478 e. The van der Waals surface area contributed by atoms with Gasteiger partial charge in [-0.05, 0) is 48.5 Å². The monoisotopic (exact) mass is 1160 g/mol. The Kier molecular flexibility index (Phi) is 55.7. The number of rotatable bonds is 53. The Morgan fingerprint density at radius 3 is 0.615 bits per heavy atom. The second kappa shape index (κ2) is 56.4. The molecule has 2 aromatic rings. The maximum atomic E-state index is 10.7. The Morgan fingerprint density at radius 1 is 0.269 bits per heavy atom. The minimum absolute atomic E-state index is 0.255. The van der Waals surface area contributed by atoms with E-state index in [9.17, 15) is 9.59 Å². The van der Waals surface area contributed by atoms with Crippen LogP contribution >= 0.6 is 36.1 Å². The molecule has 4 nitrogen and oxygen atoms in total. The van der Waals surface area contributed by atoms with Crippen molar-refractivity contribution in [3.63, 3.8) is 0 Å². The molecule has 0 saturated heterocycles. The van der Waals surface area contributed by atoms with Gasteiger partial charge in [0.2, 0.25) is 0 Å². The van der Waals surface area contributed by atoms with Gasteiger partial charge in [-0.3, -0.25) is 0 Å². The number of aromatic carboxylic acids is 2. The third-order valence-corrected chi connectivity index (χ3v) is 30.7. The summed E-state index contributed by atoms with van der Waals surface area (Å²) in [6.07, 6.45) is 72.3. The number of hydrogen-bond donors (Lipinski definition) is 2. The zero-order valence-corrected chi connectivity index (χ0v) is 56.7. The molecule has 0 radical (unpaired) electrons. The van der Waals surface area contributed by atoms with E-state index in [1.165, 1.54) is 266 Å². The van der Waals surface area contributed by atoms with Crippen molar-refractivity contribution < 1.29 is 19.8 Å². The number of carboxylic acids is 2. The van der Waals surface area contributed by atoms with E-state index in [4.69, 9.17) is 10.2 Å². The van der Waals surface area contributed by atoms with Crippen molar-refractivity contribution in [3.05, 3.63) is 59.7 Å². The van der Waals surface area contributed by atoms with E-state index in [1.54, 1.807) is 111 Å². The van der Waals surface area contributed by atoms with Gasteiger partial charge < -0.3 is 10.2 Å². The van der Waals surface area contributed by atoms with Crippen molar-refractivity contribution in [2.45, 2.75) is 322 Å². The summed E-state index contributed by atoms with van der Waals surface area (Å²) in [4.78, 5) is 23.3. The number of carboxylic acid groups (broad SMARTS) is 2. The van der Waals surface area contributed by atoms with Crippen LogP contribution in [0.2, 0.25) is 0 Å². The Hall–Kier alpha value is -1.06. The second-order valence-corrected chi connectivity index (χ2v) is 36.4. The SMILES string of the molecule is CCCCCCCCCCCCCCCC[PH](CCCC)(CCCC)CCCC.CCCCCCCCCCCCCCCC[PH](CCCC)(CCCC)CCCC.O=C(O)c1ccc(SSc2ccc(C(=O)O)cc2)cc1. The van der Waals surface area contributed by atoms with E-state index >= 15 is 0 Å². The van der Waals surface area contributed by atoms with Gasteiger partial charge in [0.05, 0.1) is 11.1 Å². The predicted molar refractivity (Wildman–Crippen MR) is 364 cm³/mol. The summed E-state index contributed by atoms with van der Waals surface area (Å²) in [5, 5.41) is 17.6. The smallest absolute Gasteiger partial charge is 0.335 e. The minimum atomic E-state index is -0.961. The molecule has 0 spiro atoms. The van der Waals surface area contributed by atoms with E-state index in [-0.39, 0.29) is 11.1 Å². The van der Waals surface area contributed by atoms with Crippen LogP contribution in [0.15, 0.2) is 58.3 Å². The first-order valence-corrected chi connectivity index (χ1v) is 41.9. The molecule has 0 bridgehead atoms. The van der Waals surface area contributed by atoms with Gasteiger partial charge >= 0.3 is 336 Å². The van der Waals surface area contributed by atoms with E-state index < -0.39 is 26.5 Å². The van der Waals surface area contributed by atoms with Gasteiger partial charge in [-0.15, -0.1) is 0 Å². The first-order chi connectivity index (χ1) is 38.0. The molecule has 2 rings (SSSR count). The van der Waals surface area contributed by atoms with E-state index in [1.807, 2.05) is 0 Å². The Morgan fingerprint density at radius 2 is 0.436 bits per heavy atom. The number of carbonyl (C=O) groups is 2. The molecule has 0 saturated carbocycles. The Balaban J connectivity index is 0.00000116. The summed E-state index contributed by atoms with van der Waals surface area (Å²) in [5.74, 6) is -1.89. The van der Waals surface area contributed by atoms with Crippen LogP contribution in [0.25, 0.3) is 0 Å². The average molecular weight is 1160 g/mol. The normalized spacial score (nSPS) is 11.9. The Labute approximate surface area is 495 Å². The number of unbranched alkanes of at least 4 members (excludes halogenated alkanes) is 32. The van der Waals surface area contributed by atoms with Crippen LogP contribution in [-0.4, -0.2) is 71.4 Å². The molecular formula is C70H132O4P2S2. The van der Waals surface area contributed by atoms with Crippen LogP contribution in [-0.2, 0) is 0 Å².